The Labute approximate surface area is 72.3 Å². The Bertz CT molecular complexity index is 201. The highest BCUT2D eigenvalue weighted by Gasteiger charge is 2.14. The molecule has 0 aromatic heterocycles. The number of hydrogen-bond donors (Lipinski definition) is 0. The maximum atomic E-state index is 9.95. The monoisotopic (exact) mass is 268 g/mol. The standard InChI is InChI=1S/C6H5IO4/c8-7(9)11-10-6-4-2-1-3-5-6/h1-5H. The van der Waals surface area contributed by atoms with Crippen molar-refractivity contribution in [2.24, 2.45) is 0 Å². The van der Waals surface area contributed by atoms with Crippen LogP contribution in [0.15, 0.2) is 30.3 Å². The van der Waals surface area contributed by atoms with E-state index in [1.54, 1.807) is 30.3 Å². The van der Waals surface area contributed by atoms with Crippen molar-refractivity contribution in [3.05, 3.63) is 30.3 Å². The molecule has 1 aromatic rings. The minimum absolute atomic E-state index is 0.376. The zero-order valence-electron chi connectivity index (χ0n) is 5.40. The summed E-state index contributed by atoms with van der Waals surface area (Å²) in [5.41, 5.74) is 0. The van der Waals surface area contributed by atoms with E-state index in [2.05, 4.69) is 8.10 Å². The van der Waals surface area contributed by atoms with Crippen molar-refractivity contribution in [3.8, 4) is 5.75 Å². The van der Waals surface area contributed by atoms with Gasteiger partial charge in [0.05, 0.1) is 0 Å². The third kappa shape index (κ3) is 3.51. The molecule has 4 nitrogen and oxygen atoms in total. The van der Waals surface area contributed by atoms with Crippen LogP contribution in [0.25, 0.3) is 0 Å². The zero-order valence-corrected chi connectivity index (χ0v) is 7.56. The molecular weight excluding hydrogens is 263 g/mol. The zero-order chi connectivity index (χ0) is 8.10. The van der Waals surface area contributed by atoms with Crippen molar-refractivity contribution < 1.29 is 36.0 Å². The lowest BCUT2D eigenvalue weighted by Crippen LogP contribution is -3.99. The van der Waals surface area contributed by atoms with Crippen LogP contribution in [-0.2, 0) is 3.22 Å². The second-order valence-electron chi connectivity index (χ2n) is 1.65. The maximum absolute atomic E-state index is 9.95. The van der Waals surface area contributed by atoms with Crippen LogP contribution in [0.1, 0.15) is 0 Å². The Morgan fingerprint density at radius 1 is 1.09 bits per heavy atom. The lowest BCUT2D eigenvalue weighted by atomic mass is 10.3. The van der Waals surface area contributed by atoms with Crippen LogP contribution in [-0.4, -0.2) is 0 Å². The molecule has 0 amide bonds. The van der Waals surface area contributed by atoms with Crippen LogP contribution in [0.3, 0.4) is 0 Å². The van der Waals surface area contributed by atoms with Crippen molar-refractivity contribution in [1.82, 2.24) is 0 Å². The SMILES string of the molecule is [O-][I+2]([O-])OOc1ccccc1. The highest BCUT2D eigenvalue weighted by Crippen LogP contribution is 2.06. The summed E-state index contributed by atoms with van der Waals surface area (Å²) in [5, 5.41) is 0. The number of halogens is 1. The third-order valence-corrected chi connectivity index (χ3v) is 1.40. The van der Waals surface area contributed by atoms with E-state index < -0.39 is 21.1 Å². The van der Waals surface area contributed by atoms with Gasteiger partial charge in [0.15, 0.2) is 8.97 Å². The van der Waals surface area contributed by atoms with Crippen molar-refractivity contribution in [3.63, 3.8) is 0 Å². The summed E-state index contributed by atoms with van der Waals surface area (Å²) in [4.78, 5) is 4.41. The van der Waals surface area contributed by atoms with Gasteiger partial charge in [0.1, 0.15) is 0 Å². The minimum atomic E-state index is -3.71. The van der Waals surface area contributed by atoms with Crippen LogP contribution in [0.5, 0.6) is 5.75 Å². The third-order valence-electron chi connectivity index (χ3n) is 0.922. The number of hydrogen-bond acceptors (Lipinski definition) is 4. The van der Waals surface area contributed by atoms with Crippen LogP contribution in [0.2, 0.25) is 0 Å². The van der Waals surface area contributed by atoms with Crippen LogP contribution < -0.4 is 32.8 Å². The Kier molecular flexibility index (Phi) is 3.57. The van der Waals surface area contributed by atoms with Gasteiger partial charge < -0.3 is 6.87 Å². The molecule has 1 rings (SSSR count). The Morgan fingerprint density at radius 2 is 1.73 bits per heavy atom. The first-order valence-electron chi connectivity index (χ1n) is 2.74. The molecule has 5 heteroatoms. The summed E-state index contributed by atoms with van der Waals surface area (Å²) in [6.07, 6.45) is 0. The first-order chi connectivity index (χ1) is 5.29. The van der Waals surface area contributed by atoms with Crippen LogP contribution in [0.4, 0.5) is 0 Å². The van der Waals surface area contributed by atoms with Gasteiger partial charge in [-0.3, -0.25) is 4.89 Å². The molecule has 0 saturated carbocycles. The fraction of sp³-hybridized carbons (Fsp3) is 0. The predicted molar refractivity (Wildman–Crippen MR) is 28.2 cm³/mol. The van der Waals surface area contributed by atoms with Gasteiger partial charge in [-0.05, 0) is 12.1 Å². The molecule has 0 heterocycles. The second kappa shape index (κ2) is 4.50. The molecule has 11 heavy (non-hydrogen) atoms. The molecule has 0 bridgehead atoms. The molecule has 0 aliphatic heterocycles. The summed E-state index contributed by atoms with van der Waals surface area (Å²) < 4.78 is 23.9. The van der Waals surface area contributed by atoms with E-state index >= 15 is 0 Å². The molecule has 0 spiro atoms. The van der Waals surface area contributed by atoms with Gasteiger partial charge in [-0.25, -0.2) is 0 Å². The predicted octanol–water partition coefficient (Wildman–Crippen LogP) is -3.91. The average Bonchev–Trinajstić information content (AvgIpc) is 2.03. The van der Waals surface area contributed by atoms with E-state index in [9.17, 15) is 6.87 Å². The normalized spacial score (nSPS) is 10.1. The van der Waals surface area contributed by atoms with E-state index in [1.807, 2.05) is 0 Å². The van der Waals surface area contributed by atoms with E-state index in [1.165, 1.54) is 0 Å². The fourth-order valence-corrected chi connectivity index (χ4v) is 0.893. The Morgan fingerprint density at radius 3 is 2.27 bits per heavy atom. The minimum Gasteiger partial charge on any atom is -0.392 e. The van der Waals surface area contributed by atoms with Crippen LogP contribution >= 0.6 is 0 Å². The molecule has 0 unspecified atom stereocenters. The van der Waals surface area contributed by atoms with Crippen LogP contribution in [0, 0.1) is 0 Å². The van der Waals surface area contributed by atoms with Gasteiger partial charge in [0.2, 0.25) is 0 Å². The highest BCUT2D eigenvalue weighted by atomic mass is 127. The number of benzene rings is 1. The van der Waals surface area contributed by atoms with E-state index in [0.717, 1.165) is 0 Å². The molecule has 1 aromatic carbocycles. The second-order valence-corrected chi connectivity index (χ2v) is 3.09. The van der Waals surface area contributed by atoms with E-state index in [-0.39, 0.29) is 0 Å². The number of para-hydroxylation sites is 1. The fourth-order valence-electron chi connectivity index (χ4n) is 0.538. The highest BCUT2D eigenvalue weighted by molar-refractivity contribution is 5.19. The molecule has 0 radical (unpaired) electrons. The summed E-state index contributed by atoms with van der Waals surface area (Å²) in [6.45, 7) is 0. The quantitative estimate of drug-likeness (QED) is 0.319. The molecule has 0 aliphatic rings. The maximum Gasteiger partial charge on any atom is 0.566 e. The van der Waals surface area contributed by atoms with E-state index in [4.69, 9.17) is 0 Å². The average molecular weight is 268 g/mol. The first-order valence-corrected chi connectivity index (χ1v) is 5.39. The molecular formula is C6H5IO4. The molecule has 60 valence electrons. The Hall–Kier alpha value is -0.370. The summed E-state index contributed by atoms with van der Waals surface area (Å²) >= 11 is -3.71. The van der Waals surface area contributed by atoms with Crippen molar-refractivity contribution in [2.45, 2.75) is 0 Å². The van der Waals surface area contributed by atoms with Gasteiger partial charge in [-0.2, -0.15) is 0 Å². The lowest BCUT2D eigenvalue weighted by molar-refractivity contribution is -1.64. The Balaban J connectivity index is 2.39. The molecule has 0 aliphatic carbocycles. The summed E-state index contributed by atoms with van der Waals surface area (Å²) in [6, 6.07) is 8.41. The van der Waals surface area contributed by atoms with Crippen molar-refractivity contribution in [2.75, 3.05) is 0 Å². The van der Waals surface area contributed by atoms with Gasteiger partial charge in [0.25, 0.3) is 0 Å². The van der Waals surface area contributed by atoms with Gasteiger partial charge in [-0.15, -0.1) is 0 Å². The van der Waals surface area contributed by atoms with Gasteiger partial charge in [0, 0.05) is 0 Å². The van der Waals surface area contributed by atoms with Gasteiger partial charge >= 0.3 is 21.1 Å². The lowest BCUT2D eigenvalue weighted by Gasteiger charge is -1.93. The van der Waals surface area contributed by atoms with Gasteiger partial charge in [-0.1, -0.05) is 18.2 Å². The van der Waals surface area contributed by atoms with Crippen molar-refractivity contribution in [1.29, 1.82) is 0 Å². The topological polar surface area (TPSA) is 64.6 Å². The summed E-state index contributed by atoms with van der Waals surface area (Å²) in [5.74, 6) is 0.376. The molecule has 0 atom stereocenters. The smallest absolute Gasteiger partial charge is 0.392 e. The molecule has 0 N–H and O–H groups in total. The summed E-state index contributed by atoms with van der Waals surface area (Å²) in [7, 11) is 0. The molecule has 0 fully saturated rings. The number of rotatable bonds is 3. The van der Waals surface area contributed by atoms with E-state index in [0.29, 0.717) is 5.75 Å². The first kappa shape index (κ1) is 8.72. The largest absolute Gasteiger partial charge is 0.566 e. The molecule has 0 saturated heterocycles. The van der Waals surface area contributed by atoms with Crippen molar-refractivity contribution >= 4 is 0 Å².